The molecule has 4 heterocycles. The van der Waals surface area contributed by atoms with Gasteiger partial charge in [0.1, 0.15) is 33.8 Å². The summed E-state index contributed by atoms with van der Waals surface area (Å²) in [5, 5.41) is 62.6. The zero-order valence-electron chi connectivity index (χ0n) is 37.5. The first-order valence-electron chi connectivity index (χ1n) is 22.3. The minimum Gasteiger partial charge on any atom is -0.311 e. The van der Waals surface area contributed by atoms with Crippen molar-refractivity contribution in [2.75, 3.05) is 19.8 Å². The summed E-state index contributed by atoms with van der Waals surface area (Å²) in [7, 11) is 0. The van der Waals surface area contributed by atoms with Gasteiger partial charge in [-0.05, 0) is 107 Å². The van der Waals surface area contributed by atoms with Crippen LogP contribution in [-0.2, 0) is 0 Å². The first-order chi connectivity index (χ1) is 35.6. The van der Waals surface area contributed by atoms with Crippen molar-refractivity contribution in [3.63, 3.8) is 0 Å². The number of nitro benzene ring substituents is 4. The van der Waals surface area contributed by atoms with Gasteiger partial charge in [-0.15, -0.1) is 23.5 Å². The fraction of sp³-hybridized carbons (Fsp3) is 0.120. The summed E-state index contributed by atoms with van der Waals surface area (Å²) in [5.74, 6) is 1.11. The maximum Gasteiger partial charge on any atom is 0.301 e. The van der Waals surface area contributed by atoms with E-state index >= 15 is 0 Å². The lowest BCUT2D eigenvalue weighted by molar-refractivity contribution is -0.394. The number of halogens is 4. The van der Waals surface area contributed by atoms with E-state index in [1.54, 1.807) is 82.1 Å². The number of thioether (sulfide) groups is 2. The van der Waals surface area contributed by atoms with Crippen molar-refractivity contribution in [1.82, 2.24) is 0 Å². The standard InChI is InChI=1S/C50H32Cl4N10O8S2/c51-31-9-1-27(2-10-31)43-45-47(55-59(43)39-23-21-37(61(65)66)25-41(39)63(69)70)57(49(73-45)29-5-13-33(53)14-6-29)35-17-19-36(20-18-35)58-48-46(74-50(58)30-7-15-34(54)16-8-30)44(28-3-11-32(52)12-4-28)60(56-48)40-24-22-38(62(67)68)26-42(40)64(71)72/h1-26,43-46,49-50H. The molecule has 11 rings (SSSR count). The smallest absolute Gasteiger partial charge is 0.301 e. The Morgan fingerprint density at radius 2 is 0.716 bits per heavy atom. The summed E-state index contributed by atoms with van der Waals surface area (Å²) in [6.07, 6.45) is 0. The summed E-state index contributed by atoms with van der Waals surface area (Å²) in [4.78, 5) is 50.3. The van der Waals surface area contributed by atoms with Crippen molar-refractivity contribution >= 4 is 127 Å². The molecule has 0 amide bonds. The number of amidine groups is 2. The maximum absolute atomic E-state index is 12.6. The highest BCUT2D eigenvalue weighted by molar-refractivity contribution is 8.02. The molecule has 0 bridgehead atoms. The van der Waals surface area contributed by atoms with Crippen molar-refractivity contribution in [3.05, 3.63) is 241 Å². The van der Waals surface area contributed by atoms with Gasteiger partial charge in [0.15, 0.2) is 0 Å². The Morgan fingerprint density at radius 1 is 0.405 bits per heavy atom. The molecule has 370 valence electrons. The van der Waals surface area contributed by atoms with Crippen LogP contribution in [0.25, 0.3) is 0 Å². The summed E-state index contributed by atoms with van der Waals surface area (Å²) in [6, 6.07) is 42.5. The SMILES string of the molecule is O=[N+]([O-])c1ccc(N2N=C3C(SC(c4ccc(Cl)cc4)N3c3ccc(N4C5=NN(c6ccc([N+](=O)[O-])cc6[N+](=O)[O-])C(c6ccc(Cl)cc6)C5SC4c4ccc(Cl)cc4)cc3)C2c2ccc(Cl)cc2)c([N+](=O)[O-])c1. The molecule has 6 atom stereocenters. The van der Waals surface area contributed by atoms with Crippen LogP contribution < -0.4 is 19.8 Å². The molecule has 4 aliphatic heterocycles. The molecule has 2 fully saturated rings. The Kier molecular flexibility index (Phi) is 12.8. The van der Waals surface area contributed by atoms with Gasteiger partial charge in [-0.25, -0.2) is 10.0 Å². The van der Waals surface area contributed by atoms with Gasteiger partial charge in [0, 0.05) is 43.6 Å². The molecule has 4 aliphatic rings. The summed E-state index contributed by atoms with van der Waals surface area (Å²) in [6.45, 7) is 0. The van der Waals surface area contributed by atoms with Crippen LogP contribution in [0.1, 0.15) is 45.1 Å². The van der Waals surface area contributed by atoms with Gasteiger partial charge < -0.3 is 9.80 Å². The summed E-state index contributed by atoms with van der Waals surface area (Å²) < 4.78 is 0. The van der Waals surface area contributed by atoms with Gasteiger partial charge in [0.2, 0.25) is 0 Å². The van der Waals surface area contributed by atoms with Crippen LogP contribution in [0.5, 0.6) is 0 Å². The van der Waals surface area contributed by atoms with Crippen LogP contribution in [-0.4, -0.2) is 41.9 Å². The molecule has 0 N–H and O–H groups in total. The normalized spacial score (nSPS) is 20.8. The zero-order chi connectivity index (χ0) is 51.7. The number of fused-ring (bicyclic) bond motifs is 2. The predicted molar refractivity (Wildman–Crippen MR) is 290 cm³/mol. The van der Waals surface area contributed by atoms with Crippen molar-refractivity contribution in [3.8, 4) is 0 Å². The van der Waals surface area contributed by atoms with Crippen LogP contribution >= 0.6 is 69.9 Å². The molecular weight excluding hydrogens is 1070 g/mol. The molecule has 0 aromatic heterocycles. The molecule has 24 heteroatoms. The third kappa shape index (κ3) is 8.75. The van der Waals surface area contributed by atoms with Crippen molar-refractivity contribution in [2.45, 2.75) is 33.3 Å². The number of hydrazone groups is 2. The van der Waals surface area contributed by atoms with Gasteiger partial charge in [-0.1, -0.05) is 94.9 Å². The Morgan fingerprint density at radius 3 is 1.01 bits per heavy atom. The second-order valence-corrected chi connectivity index (χ2v) is 21.3. The number of nitro groups is 4. The van der Waals surface area contributed by atoms with Gasteiger partial charge in [-0.2, -0.15) is 10.2 Å². The van der Waals surface area contributed by atoms with E-state index in [0.717, 1.165) is 34.4 Å². The molecule has 6 unspecified atom stereocenters. The van der Waals surface area contributed by atoms with E-state index in [4.69, 9.17) is 56.6 Å². The minimum absolute atomic E-state index is 0.0538. The number of benzene rings is 7. The van der Waals surface area contributed by atoms with Gasteiger partial charge in [0.25, 0.3) is 11.4 Å². The van der Waals surface area contributed by atoms with E-state index in [2.05, 4.69) is 9.80 Å². The van der Waals surface area contributed by atoms with E-state index in [1.165, 1.54) is 24.3 Å². The predicted octanol–water partition coefficient (Wildman–Crippen LogP) is 14.3. The first kappa shape index (κ1) is 48.8. The van der Waals surface area contributed by atoms with E-state index in [1.807, 2.05) is 72.8 Å². The highest BCUT2D eigenvalue weighted by Crippen LogP contribution is 2.58. The van der Waals surface area contributed by atoms with E-state index in [0.29, 0.717) is 43.1 Å². The zero-order valence-corrected chi connectivity index (χ0v) is 42.2. The highest BCUT2D eigenvalue weighted by Gasteiger charge is 2.54. The van der Waals surface area contributed by atoms with Crippen LogP contribution in [0.3, 0.4) is 0 Å². The first-order valence-corrected chi connectivity index (χ1v) is 25.7. The summed E-state index contributed by atoms with van der Waals surface area (Å²) in [5.41, 5.74) is 2.87. The maximum atomic E-state index is 12.6. The quantitative estimate of drug-likeness (QED) is 0.0823. The Balaban J connectivity index is 1.05. The average Bonchev–Trinajstić information content (AvgIpc) is 4.15. The molecule has 7 aromatic rings. The number of nitrogens with zero attached hydrogens (tertiary/aromatic N) is 10. The molecule has 0 spiro atoms. The molecule has 18 nitrogen and oxygen atoms in total. The summed E-state index contributed by atoms with van der Waals surface area (Å²) >= 11 is 28.7. The second kappa shape index (κ2) is 19.4. The lowest BCUT2D eigenvalue weighted by Crippen LogP contribution is -2.32. The van der Waals surface area contributed by atoms with Crippen LogP contribution in [0.15, 0.2) is 168 Å². The fourth-order valence-corrected chi connectivity index (χ4v) is 13.4. The molecular formula is C50H32Cl4N10O8S2. The van der Waals surface area contributed by atoms with Crippen molar-refractivity contribution in [1.29, 1.82) is 0 Å². The Labute approximate surface area is 448 Å². The van der Waals surface area contributed by atoms with E-state index in [9.17, 15) is 40.5 Å². The molecule has 74 heavy (non-hydrogen) atoms. The van der Waals surface area contributed by atoms with Crippen LogP contribution in [0.4, 0.5) is 45.5 Å². The molecule has 2 saturated heterocycles. The number of hydrogen-bond acceptors (Lipinski definition) is 16. The van der Waals surface area contributed by atoms with Crippen molar-refractivity contribution < 1.29 is 19.7 Å². The number of rotatable bonds is 12. The lowest BCUT2D eigenvalue weighted by Gasteiger charge is -2.30. The minimum atomic E-state index is -0.687. The lowest BCUT2D eigenvalue weighted by atomic mass is 10.0. The molecule has 0 saturated carbocycles. The number of anilines is 4. The topological polar surface area (TPSA) is 210 Å². The average molecular weight is 1110 g/mol. The van der Waals surface area contributed by atoms with Gasteiger partial charge in [0.05, 0.1) is 54.4 Å². The Hall–Kier alpha value is -7.46. The Bertz CT molecular complexity index is 3260. The second-order valence-electron chi connectivity index (χ2n) is 17.2. The number of non-ortho nitro benzene ring substituents is 2. The fourth-order valence-electron chi connectivity index (χ4n) is 9.59. The molecule has 0 aliphatic carbocycles. The highest BCUT2D eigenvalue weighted by atomic mass is 35.5. The molecule has 7 aromatic carbocycles. The van der Waals surface area contributed by atoms with E-state index in [-0.39, 0.29) is 11.4 Å². The third-order valence-corrected chi connectivity index (χ3v) is 16.9. The number of hydrogen-bond donors (Lipinski definition) is 0. The van der Waals surface area contributed by atoms with Crippen molar-refractivity contribution in [2.24, 2.45) is 10.2 Å². The largest absolute Gasteiger partial charge is 0.311 e. The van der Waals surface area contributed by atoms with Crippen LogP contribution in [0.2, 0.25) is 20.1 Å². The van der Waals surface area contributed by atoms with E-state index < -0.39 is 75.8 Å². The van der Waals surface area contributed by atoms with Crippen LogP contribution in [0, 0.1) is 40.5 Å². The third-order valence-electron chi connectivity index (χ3n) is 12.9. The van der Waals surface area contributed by atoms with Gasteiger partial charge >= 0.3 is 11.4 Å². The van der Waals surface area contributed by atoms with Gasteiger partial charge in [-0.3, -0.25) is 40.5 Å². The molecule has 0 radical (unpaired) electrons. The monoisotopic (exact) mass is 1100 g/mol.